The van der Waals surface area contributed by atoms with Crippen molar-refractivity contribution in [1.29, 1.82) is 0 Å². The number of hydrogen-bond donors (Lipinski definition) is 0. The zero-order valence-electron chi connectivity index (χ0n) is 11.1. The second-order valence-electron chi connectivity index (χ2n) is 4.76. The van der Waals surface area contributed by atoms with Crippen LogP contribution in [0.25, 0.3) is 0 Å². The van der Waals surface area contributed by atoms with Gasteiger partial charge in [0.15, 0.2) is 0 Å². The molecule has 0 bridgehead atoms. The van der Waals surface area contributed by atoms with Crippen molar-refractivity contribution in [2.24, 2.45) is 5.92 Å². The van der Waals surface area contributed by atoms with E-state index in [1.165, 1.54) is 0 Å². The fourth-order valence-electron chi connectivity index (χ4n) is 1.68. The fourth-order valence-corrected chi connectivity index (χ4v) is 1.88. The number of aromatic nitrogens is 3. The molecule has 1 atom stereocenters. The van der Waals surface area contributed by atoms with Gasteiger partial charge in [0, 0.05) is 20.1 Å². The van der Waals surface area contributed by atoms with Gasteiger partial charge in [0.05, 0.1) is 12.0 Å². The molecule has 0 N–H and O–H groups in total. The minimum atomic E-state index is 0.249. The summed E-state index contributed by atoms with van der Waals surface area (Å²) >= 11 is 5.87. The first-order valence-corrected chi connectivity index (χ1v) is 6.61. The van der Waals surface area contributed by atoms with Gasteiger partial charge in [0.25, 0.3) is 0 Å². The van der Waals surface area contributed by atoms with E-state index >= 15 is 0 Å². The van der Waals surface area contributed by atoms with Crippen LogP contribution in [0.3, 0.4) is 0 Å². The number of hydrogen-bond acceptors (Lipinski definition) is 3. The average molecular weight is 260 g/mol. The van der Waals surface area contributed by atoms with Crippen molar-refractivity contribution < 1.29 is 4.74 Å². The molecule has 0 aliphatic heterocycles. The summed E-state index contributed by atoms with van der Waals surface area (Å²) in [5.74, 6) is 2.85. The van der Waals surface area contributed by atoms with Crippen LogP contribution in [0.15, 0.2) is 0 Å². The quantitative estimate of drug-likeness (QED) is 0.707. The largest absolute Gasteiger partial charge is 0.382 e. The molecule has 0 aliphatic rings. The summed E-state index contributed by atoms with van der Waals surface area (Å²) in [4.78, 5) is 0. The molecule has 0 amide bonds. The van der Waals surface area contributed by atoms with E-state index in [9.17, 15) is 0 Å². The summed E-state index contributed by atoms with van der Waals surface area (Å²) in [6.45, 7) is 7.34. The first-order chi connectivity index (χ1) is 8.08. The van der Waals surface area contributed by atoms with E-state index in [0.29, 0.717) is 11.8 Å². The van der Waals surface area contributed by atoms with Crippen molar-refractivity contribution in [1.82, 2.24) is 14.8 Å². The molecule has 0 radical (unpaired) electrons. The van der Waals surface area contributed by atoms with Gasteiger partial charge in [-0.15, -0.1) is 21.8 Å². The Bertz CT molecular complexity index is 338. The third-order valence-electron chi connectivity index (χ3n) is 2.75. The van der Waals surface area contributed by atoms with Gasteiger partial charge in [-0.2, -0.15) is 0 Å². The molecule has 4 nitrogen and oxygen atoms in total. The van der Waals surface area contributed by atoms with Gasteiger partial charge in [-0.25, -0.2) is 0 Å². The molecule has 1 heterocycles. The van der Waals surface area contributed by atoms with Crippen LogP contribution in [0, 0.1) is 5.92 Å². The maximum atomic E-state index is 5.87. The maximum Gasteiger partial charge on any atom is 0.147 e. The topological polar surface area (TPSA) is 39.9 Å². The predicted molar refractivity (Wildman–Crippen MR) is 69.2 cm³/mol. The van der Waals surface area contributed by atoms with Crippen LogP contribution >= 0.6 is 11.6 Å². The first-order valence-electron chi connectivity index (χ1n) is 6.08. The Kier molecular flexibility index (Phi) is 5.92. The molecule has 0 spiro atoms. The van der Waals surface area contributed by atoms with Gasteiger partial charge >= 0.3 is 0 Å². The smallest absolute Gasteiger partial charge is 0.147 e. The Balaban J connectivity index is 2.73. The highest BCUT2D eigenvalue weighted by Gasteiger charge is 2.13. The fraction of sp³-hybridized carbons (Fsp3) is 0.833. The molecule has 98 valence electrons. The normalized spacial score (nSPS) is 13.3. The Hall–Kier alpha value is -0.610. The number of alkyl halides is 1. The van der Waals surface area contributed by atoms with Crippen molar-refractivity contribution in [2.75, 3.05) is 7.11 Å². The first kappa shape index (κ1) is 14.5. The molecular formula is C12H22ClN3O. The molecular weight excluding hydrogens is 238 g/mol. The molecule has 1 aromatic rings. The third kappa shape index (κ3) is 4.28. The second kappa shape index (κ2) is 6.97. The van der Waals surface area contributed by atoms with E-state index < -0.39 is 0 Å². The van der Waals surface area contributed by atoms with E-state index in [4.69, 9.17) is 16.3 Å². The predicted octanol–water partition coefficient (Wildman–Crippen LogP) is 2.64. The van der Waals surface area contributed by atoms with Crippen LogP contribution in [-0.2, 0) is 23.6 Å². The summed E-state index contributed by atoms with van der Waals surface area (Å²) in [7, 11) is 1.73. The van der Waals surface area contributed by atoms with Gasteiger partial charge in [0.1, 0.15) is 11.6 Å². The highest BCUT2D eigenvalue weighted by atomic mass is 35.5. The maximum absolute atomic E-state index is 5.87. The Morgan fingerprint density at radius 3 is 2.41 bits per heavy atom. The molecule has 1 aromatic heterocycles. The number of methoxy groups -OCH3 is 1. The van der Waals surface area contributed by atoms with Crippen molar-refractivity contribution in [3.05, 3.63) is 11.6 Å². The zero-order valence-corrected chi connectivity index (χ0v) is 11.9. The van der Waals surface area contributed by atoms with Crippen LogP contribution < -0.4 is 0 Å². The number of halogens is 1. The van der Waals surface area contributed by atoms with Crippen molar-refractivity contribution >= 4 is 11.6 Å². The van der Waals surface area contributed by atoms with Gasteiger partial charge in [-0.3, -0.25) is 0 Å². The molecule has 0 aromatic carbocycles. The Morgan fingerprint density at radius 1 is 1.24 bits per heavy atom. The number of nitrogens with zero attached hydrogens (tertiary/aromatic N) is 3. The number of rotatable bonds is 7. The molecule has 1 rings (SSSR count). The molecule has 0 saturated heterocycles. The molecule has 17 heavy (non-hydrogen) atoms. The third-order valence-corrected chi connectivity index (χ3v) is 2.99. The molecule has 0 aliphatic carbocycles. The van der Waals surface area contributed by atoms with E-state index in [0.717, 1.165) is 31.0 Å². The van der Waals surface area contributed by atoms with Crippen LogP contribution in [0.4, 0.5) is 0 Å². The van der Waals surface area contributed by atoms with Crippen molar-refractivity contribution in [3.63, 3.8) is 0 Å². The summed E-state index contributed by atoms with van der Waals surface area (Å²) in [5, 5.41) is 8.35. The van der Waals surface area contributed by atoms with Crippen LogP contribution in [0.1, 0.15) is 38.8 Å². The van der Waals surface area contributed by atoms with Crippen molar-refractivity contribution in [3.8, 4) is 0 Å². The average Bonchev–Trinajstić information content (AvgIpc) is 2.67. The summed E-state index contributed by atoms with van der Waals surface area (Å²) in [5.41, 5.74) is 0. The lowest BCUT2D eigenvalue weighted by Crippen LogP contribution is -2.14. The highest BCUT2D eigenvalue weighted by Crippen LogP contribution is 2.12. The Morgan fingerprint density at radius 2 is 1.88 bits per heavy atom. The van der Waals surface area contributed by atoms with Gasteiger partial charge in [-0.05, 0) is 19.3 Å². The zero-order chi connectivity index (χ0) is 12.8. The highest BCUT2D eigenvalue weighted by molar-refractivity contribution is 6.16. The lowest BCUT2D eigenvalue weighted by Gasteiger charge is -2.13. The molecule has 5 heteroatoms. The SMILES string of the molecule is COC(C)CCc1nnc(CCl)n1CC(C)C. The second-order valence-corrected chi connectivity index (χ2v) is 5.02. The van der Waals surface area contributed by atoms with E-state index in [1.54, 1.807) is 7.11 Å². The monoisotopic (exact) mass is 259 g/mol. The van der Waals surface area contributed by atoms with E-state index in [1.807, 2.05) is 0 Å². The van der Waals surface area contributed by atoms with Crippen LogP contribution in [0.5, 0.6) is 0 Å². The summed E-state index contributed by atoms with van der Waals surface area (Å²) < 4.78 is 7.38. The van der Waals surface area contributed by atoms with Crippen LogP contribution in [0.2, 0.25) is 0 Å². The summed E-state index contributed by atoms with van der Waals surface area (Å²) in [6, 6.07) is 0. The lowest BCUT2D eigenvalue weighted by atomic mass is 10.2. The lowest BCUT2D eigenvalue weighted by molar-refractivity contribution is 0.110. The van der Waals surface area contributed by atoms with Crippen molar-refractivity contribution in [2.45, 2.75) is 52.1 Å². The number of aryl methyl sites for hydroxylation is 1. The van der Waals surface area contributed by atoms with Gasteiger partial charge in [0.2, 0.25) is 0 Å². The number of ether oxygens (including phenoxy) is 1. The van der Waals surface area contributed by atoms with Crippen LogP contribution in [-0.4, -0.2) is 28.0 Å². The minimum Gasteiger partial charge on any atom is -0.382 e. The van der Waals surface area contributed by atoms with E-state index in [-0.39, 0.29) is 6.10 Å². The summed E-state index contributed by atoms with van der Waals surface area (Å²) in [6.07, 6.45) is 2.08. The standard InChI is InChI=1S/C12H22ClN3O/c1-9(2)8-16-11(6-5-10(3)17-4)14-15-12(16)7-13/h9-10H,5-8H2,1-4H3. The molecule has 0 saturated carbocycles. The Labute approximate surface area is 108 Å². The van der Waals surface area contributed by atoms with E-state index in [2.05, 4.69) is 35.5 Å². The van der Waals surface area contributed by atoms with Gasteiger partial charge in [-0.1, -0.05) is 13.8 Å². The molecule has 1 unspecified atom stereocenters. The van der Waals surface area contributed by atoms with Gasteiger partial charge < -0.3 is 9.30 Å². The minimum absolute atomic E-state index is 0.249. The molecule has 0 fully saturated rings.